The van der Waals surface area contributed by atoms with E-state index in [-0.39, 0.29) is 6.61 Å². The fourth-order valence-corrected chi connectivity index (χ4v) is 5.27. The van der Waals surface area contributed by atoms with Gasteiger partial charge in [0, 0.05) is 51.2 Å². The van der Waals surface area contributed by atoms with E-state index in [4.69, 9.17) is 14.2 Å². The van der Waals surface area contributed by atoms with Gasteiger partial charge in [-0.1, -0.05) is 72.8 Å². The first-order valence-electron chi connectivity index (χ1n) is 14.4. The maximum Gasteiger partial charge on any atom is 0.161 e. The van der Waals surface area contributed by atoms with Crippen LogP contribution in [0, 0.1) is 0 Å². The van der Waals surface area contributed by atoms with Crippen molar-refractivity contribution >= 4 is 43.6 Å². The van der Waals surface area contributed by atoms with Crippen LogP contribution in [-0.4, -0.2) is 54.6 Å². The van der Waals surface area contributed by atoms with Crippen molar-refractivity contribution in [2.75, 3.05) is 33.4 Å². The number of benzene rings is 5. The highest BCUT2D eigenvalue weighted by molar-refractivity contribution is 6.10. The van der Waals surface area contributed by atoms with Crippen LogP contribution in [0.5, 0.6) is 17.2 Å². The van der Waals surface area contributed by atoms with Gasteiger partial charge in [0.05, 0.1) is 12.6 Å². The third kappa shape index (κ3) is 6.43. The van der Waals surface area contributed by atoms with Crippen LogP contribution >= 0.6 is 0 Å². The molecule has 0 aliphatic heterocycles. The van der Waals surface area contributed by atoms with E-state index >= 15 is 0 Å². The van der Waals surface area contributed by atoms with Crippen LogP contribution in [-0.2, 0) is 0 Å². The first-order valence-corrected chi connectivity index (χ1v) is 14.4. The van der Waals surface area contributed by atoms with Crippen molar-refractivity contribution < 1.29 is 19.3 Å². The number of para-hydroxylation sites is 5. The molecule has 0 aliphatic carbocycles. The van der Waals surface area contributed by atoms with E-state index in [1.807, 2.05) is 60.7 Å². The van der Waals surface area contributed by atoms with Crippen molar-refractivity contribution in [2.45, 2.75) is 6.10 Å². The average Bonchev–Trinajstić information content (AvgIpc) is 3.63. The number of methoxy groups -OCH3 is 1. The number of fused-ring (bicyclic) bond motifs is 6. The molecule has 5 aromatic carbocycles. The number of hydrogen-bond acceptors (Lipinski definition) is 5. The highest BCUT2D eigenvalue weighted by Crippen LogP contribution is 2.33. The summed E-state index contributed by atoms with van der Waals surface area (Å²) < 4.78 is 16.9. The summed E-state index contributed by atoms with van der Waals surface area (Å²) in [6.45, 7) is 1.70. The molecule has 7 aromatic rings. The molecule has 7 heteroatoms. The molecule has 0 saturated heterocycles. The predicted molar refractivity (Wildman–Crippen MR) is 174 cm³/mol. The smallest absolute Gasteiger partial charge is 0.161 e. The summed E-state index contributed by atoms with van der Waals surface area (Å²) in [7, 11) is 1.62. The van der Waals surface area contributed by atoms with E-state index < -0.39 is 6.10 Å². The van der Waals surface area contributed by atoms with E-state index in [0.717, 1.165) is 27.6 Å². The molecule has 0 bridgehead atoms. The predicted octanol–water partition coefficient (Wildman–Crippen LogP) is 7.06. The molecular formula is C36H35N3O4. The molecule has 0 saturated carbocycles. The third-order valence-corrected chi connectivity index (χ3v) is 7.32. The van der Waals surface area contributed by atoms with Gasteiger partial charge >= 0.3 is 0 Å². The number of rotatable bonds is 10. The van der Waals surface area contributed by atoms with Gasteiger partial charge in [-0.15, -0.1) is 0 Å². The molecule has 0 radical (unpaired) electrons. The number of aliphatic hydroxyl groups is 1. The van der Waals surface area contributed by atoms with Crippen molar-refractivity contribution in [2.24, 2.45) is 0 Å². The van der Waals surface area contributed by atoms with Crippen LogP contribution in [0.4, 0.5) is 0 Å². The lowest BCUT2D eigenvalue weighted by Crippen LogP contribution is -2.33. The second-order valence-corrected chi connectivity index (χ2v) is 10.2. The Kier molecular flexibility index (Phi) is 8.73. The highest BCUT2D eigenvalue weighted by Gasteiger charge is 2.11. The zero-order chi connectivity index (χ0) is 29.4. The standard InChI is InChI=1S/C24H26N2O4.C12H9N/c1-28-21-10-4-5-11-22(21)29-14-13-25-15-17(27)16-30-23-12-6-9-20-24(23)18-7-2-3-8-19(18)26-20;1-3-7-11-9(5-1)10-6-2-4-8-12(10)13-11/h2-12,17,25-27H,13-16H2,1H3;1-8,13H. The molecule has 218 valence electrons. The number of aliphatic hydroxyl groups excluding tert-OH is 1. The zero-order valence-electron chi connectivity index (χ0n) is 24.0. The minimum absolute atomic E-state index is 0.207. The lowest BCUT2D eigenvalue weighted by atomic mass is 10.1. The van der Waals surface area contributed by atoms with Crippen molar-refractivity contribution in [1.29, 1.82) is 0 Å². The van der Waals surface area contributed by atoms with Gasteiger partial charge in [0.1, 0.15) is 25.1 Å². The van der Waals surface area contributed by atoms with Gasteiger partial charge in [-0.25, -0.2) is 0 Å². The van der Waals surface area contributed by atoms with Crippen molar-refractivity contribution in [3.05, 3.63) is 115 Å². The van der Waals surface area contributed by atoms with Crippen LogP contribution in [0.1, 0.15) is 0 Å². The molecule has 2 heterocycles. The van der Waals surface area contributed by atoms with Gasteiger partial charge in [-0.05, 0) is 42.5 Å². The Bertz CT molecular complexity index is 1890. The summed E-state index contributed by atoms with van der Waals surface area (Å²) in [4.78, 5) is 6.78. The molecule has 7 rings (SSSR count). The zero-order valence-corrected chi connectivity index (χ0v) is 24.0. The Labute approximate surface area is 250 Å². The summed E-state index contributed by atoms with van der Waals surface area (Å²) in [5.74, 6) is 2.18. The van der Waals surface area contributed by atoms with Crippen LogP contribution < -0.4 is 19.5 Å². The summed E-state index contributed by atoms with van der Waals surface area (Å²) in [5.41, 5.74) is 4.52. The molecule has 0 fully saturated rings. The Morgan fingerprint density at radius 1 is 0.605 bits per heavy atom. The molecule has 0 spiro atoms. The van der Waals surface area contributed by atoms with Gasteiger partial charge in [0.25, 0.3) is 0 Å². The van der Waals surface area contributed by atoms with Crippen molar-refractivity contribution in [1.82, 2.24) is 15.3 Å². The molecule has 43 heavy (non-hydrogen) atoms. The second kappa shape index (κ2) is 13.3. The molecule has 7 nitrogen and oxygen atoms in total. The maximum atomic E-state index is 10.3. The maximum absolute atomic E-state index is 10.3. The normalized spacial score (nSPS) is 11.9. The molecule has 1 unspecified atom stereocenters. The Morgan fingerprint density at radius 3 is 1.84 bits per heavy atom. The molecule has 1 atom stereocenters. The molecular weight excluding hydrogens is 538 g/mol. The van der Waals surface area contributed by atoms with Gasteiger partial charge < -0.3 is 34.6 Å². The number of aromatic amines is 2. The highest BCUT2D eigenvalue weighted by atomic mass is 16.5. The SMILES string of the molecule is COc1ccccc1OCCNCC(O)COc1cccc2[nH]c3ccccc3c12.c1ccc2c(c1)[nH]c1ccccc12. The largest absolute Gasteiger partial charge is 0.493 e. The van der Waals surface area contributed by atoms with E-state index in [9.17, 15) is 5.11 Å². The van der Waals surface area contributed by atoms with Gasteiger partial charge in [-0.3, -0.25) is 0 Å². The summed E-state index contributed by atoms with van der Waals surface area (Å²) >= 11 is 0. The average molecular weight is 574 g/mol. The van der Waals surface area contributed by atoms with Crippen LogP contribution in [0.25, 0.3) is 43.6 Å². The monoisotopic (exact) mass is 573 g/mol. The van der Waals surface area contributed by atoms with Crippen molar-refractivity contribution in [3.8, 4) is 17.2 Å². The first-order chi connectivity index (χ1) is 21.2. The topological polar surface area (TPSA) is 91.5 Å². The Morgan fingerprint density at radius 2 is 1.14 bits per heavy atom. The third-order valence-electron chi connectivity index (χ3n) is 7.32. The van der Waals surface area contributed by atoms with E-state index in [1.54, 1.807) is 7.11 Å². The first kappa shape index (κ1) is 28.2. The van der Waals surface area contributed by atoms with Crippen LogP contribution in [0.15, 0.2) is 115 Å². The number of H-pyrrole nitrogens is 2. The van der Waals surface area contributed by atoms with Crippen molar-refractivity contribution in [3.63, 3.8) is 0 Å². The number of ether oxygens (including phenoxy) is 3. The fraction of sp³-hybridized carbons (Fsp3) is 0.167. The van der Waals surface area contributed by atoms with Gasteiger partial charge in [-0.2, -0.15) is 0 Å². The lowest BCUT2D eigenvalue weighted by Gasteiger charge is -2.15. The summed E-state index contributed by atoms with van der Waals surface area (Å²) in [6.07, 6.45) is -0.628. The molecule has 0 aliphatic rings. The molecule has 2 aromatic heterocycles. The number of nitrogens with one attached hydrogen (secondary N) is 3. The number of hydrogen-bond donors (Lipinski definition) is 4. The molecule has 4 N–H and O–H groups in total. The van der Waals surface area contributed by atoms with Gasteiger partial charge in [0.15, 0.2) is 11.5 Å². The van der Waals surface area contributed by atoms with E-state index in [2.05, 4.69) is 69.9 Å². The fourth-order valence-electron chi connectivity index (χ4n) is 5.27. The van der Waals surface area contributed by atoms with Crippen LogP contribution in [0.3, 0.4) is 0 Å². The minimum atomic E-state index is -0.628. The van der Waals surface area contributed by atoms with E-state index in [1.165, 1.54) is 21.8 Å². The Hall–Kier alpha value is -4.98. The quantitative estimate of drug-likeness (QED) is 0.132. The van der Waals surface area contributed by atoms with Crippen LogP contribution in [0.2, 0.25) is 0 Å². The second-order valence-electron chi connectivity index (χ2n) is 10.2. The van der Waals surface area contributed by atoms with Gasteiger partial charge in [0.2, 0.25) is 0 Å². The summed E-state index contributed by atoms with van der Waals surface area (Å²) in [6, 6.07) is 38.3. The Balaban J connectivity index is 0.000000208. The minimum Gasteiger partial charge on any atom is -0.493 e. The molecule has 0 amide bonds. The number of aromatic nitrogens is 2. The van der Waals surface area contributed by atoms with E-state index in [0.29, 0.717) is 31.2 Å². The summed E-state index contributed by atoms with van der Waals surface area (Å²) in [5, 5.41) is 18.2. The lowest BCUT2D eigenvalue weighted by molar-refractivity contribution is 0.106.